The predicted molar refractivity (Wildman–Crippen MR) is 130 cm³/mol. The number of carbonyl (C=O) groups excluding carboxylic acids is 1. The van der Waals surface area contributed by atoms with Crippen LogP contribution in [0.1, 0.15) is 65.7 Å². The van der Waals surface area contributed by atoms with Gasteiger partial charge in [0.25, 0.3) is 0 Å². The molecule has 0 bridgehead atoms. The Bertz CT molecular complexity index is 789. The van der Waals surface area contributed by atoms with E-state index in [1.807, 2.05) is 0 Å². The molecule has 1 N–H and O–H groups in total. The van der Waals surface area contributed by atoms with Crippen molar-refractivity contribution in [2.24, 2.45) is 0 Å². The Morgan fingerprint density at radius 2 is 1.70 bits per heavy atom. The van der Waals surface area contributed by atoms with E-state index in [0.29, 0.717) is 0 Å². The quantitative estimate of drug-likeness (QED) is 0.343. The van der Waals surface area contributed by atoms with Crippen LogP contribution in [-0.4, -0.2) is 71.2 Å². The van der Waals surface area contributed by atoms with Crippen molar-refractivity contribution in [3.8, 4) is 0 Å². The molecule has 0 saturated carbocycles. The fraction of sp³-hybridized carbons (Fsp3) is 0.708. The minimum absolute atomic E-state index is 0.114. The Morgan fingerprint density at radius 1 is 1.15 bits per heavy atom. The molecule has 1 aromatic rings. The third-order valence-corrected chi connectivity index (χ3v) is 22.0. The first-order chi connectivity index (χ1) is 15.7. The number of alkyl halides is 1. The molecule has 186 valence electrons. The van der Waals surface area contributed by atoms with Crippen LogP contribution in [-0.2, 0) is 4.79 Å². The van der Waals surface area contributed by atoms with Crippen LogP contribution < -0.4 is 8.61 Å². The summed E-state index contributed by atoms with van der Waals surface area (Å²) in [6.07, 6.45) is 4.93. The molecule has 6 nitrogen and oxygen atoms in total. The summed E-state index contributed by atoms with van der Waals surface area (Å²) in [5, 5.41) is 9.37. The molecule has 1 aliphatic rings. The third kappa shape index (κ3) is 6.79. The van der Waals surface area contributed by atoms with Crippen LogP contribution in [0.2, 0.25) is 13.3 Å². The summed E-state index contributed by atoms with van der Waals surface area (Å²) in [4.78, 5) is 31.2. The number of carbonyl (C=O) groups is 2. The van der Waals surface area contributed by atoms with Gasteiger partial charge in [0, 0.05) is 0 Å². The van der Waals surface area contributed by atoms with Crippen LogP contribution in [0.15, 0.2) is 12.3 Å². The average molecular weight is 574 g/mol. The maximum atomic E-state index is 14.9. The number of pyridine rings is 1. The molecule has 1 fully saturated rings. The van der Waals surface area contributed by atoms with E-state index >= 15 is 0 Å². The van der Waals surface area contributed by atoms with Gasteiger partial charge in [-0.1, -0.05) is 0 Å². The molecule has 0 aromatic carbocycles. The van der Waals surface area contributed by atoms with Gasteiger partial charge in [0.1, 0.15) is 0 Å². The normalized spacial score (nSPS) is 18.5. The van der Waals surface area contributed by atoms with E-state index in [1.54, 1.807) is 6.07 Å². The van der Waals surface area contributed by atoms with Gasteiger partial charge in [-0.3, -0.25) is 0 Å². The molecule has 0 unspecified atom stereocenters. The summed E-state index contributed by atoms with van der Waals surface area (Å²) in [7, 11) is 1.44. The van der Waals surface area contributed by atoms with Crippen molar-refractivity contribution >= 4 is 39.8 Å². The SMILES string of the molecule is CCC[CH2][Sn]([CH2]CCC)([CH2]CCC)[c]1cc(N(C)C(=O)[C@@H]2C[C@@H](F)CN2C(=O)O)c(F)cn1. The van der Waals surface area contributed by atoms with Crippen molar-refractivity contribution in [2.45, 2.75) is 91.2 Å². The molecule has 33 heavy (non-hydrogen) atoms. The summed E-state index contributed by atoms with van der Waals surface area (Å²) >= 11 is -2.96. The van der Waals surface area contributed by atoms with Crippen LogP contribution in [0.3, 0.4) is 0 Å². The van der Waals surface area contributed by atoms with E-state index in [2.05, 4.69) is 25.8 Å². The molecule has 0 spiro atoms. The van der Waals surface area contributed by atoms with E-state index in [9.17, 15) is 23.5 Å². The van der Waals surface area contributed by atoms with Gasteiger partial charge in [-0.2, -0.15) is 0 Å². The first kappa shape index (κ1) is 27.8. The predicted octanol–water partition coefficient (Wildman–Crippen LogP) is 5.33. The molecule has 2 atom stereocenters. The van der Waals surface area contributed by atoms with Crippen molar-refractivity contribution < 1.29 is 23.5 Å². The van der Waals surface area contributed by atoms with E-state index in [-0.39, 0.29) is 18.7 Å². The number of likely N-dealkylation sites (tertiary alicyclic amines) is 1. The zero-order chi connectivity index (χ0) is 24.6. The van der Waals surface area contributed by atoms with Gasteiger partial charge in [-0.05, 0) is 0 Å². The van der Waals surface area contributed by atoms with E-state index < -0.39 is 48.4 Å². The summed E-state index contributed by atoms with van der Waals surface area (Å²) in [5.74, 6) is -1.22. The van der Waals surface area contributed by atoms with Crippen molar-refractivity contribution in [1.82, 2.24) is 9.88 Å². The molecule has 1 saturated heterocycles. The first-order valence-corrected chi connectivity index (χ1v) is 19.8. The van der Waals surface area contributed by atoms with Gasteiger partial charge in [0.05, 0.1) is 0 Å². The molecule has 2 rings (SSSR count). The van der Waals surface area contributed by atoms with Crippen LogP contribution in [0, 0.1) is 5.82 Å². The Labute approximate surface area is 200 Å². The Balaban J connectivity index is 2.43. The van der Waals surface area contributed by atoms with Crippen LogP contribution >= 0.6 is 0 Å². The van der Waals surface area contributed by atoms with Gasteiger partial charge in [0.2, 0.25) is 0 Å². The van der Waals surface area contributed by atoms with E-state index in [4.69, 9.17) is 0 Å². The Kier molecular flexibility index (Phi) is 10.8. The van der Waals surface area contributed by atoms with Crippen molar-refractivity contribution in [1.29, 1.82) is 0 Å². The number of rotatable bonds is 12. The summed E-state index contributed by atoms with van der Waals surface area (Å²) in [6.45, 7) is 6.20. The van der Waals surface area contributed by atoms with E-state index in [1.165, 1.54) is 13.2 Å². The van der Waals surface area contributed by atoms with Gasteiger partial charge in [0.15, 0.2) is 0 Å². The van der Waals surface area contributed by atoms with Crippen molar-refractivity contribution in [2.75, 3.05) is 18.5 Å². The van der Waals surface area contributed by atoms with Crippen LogP contribution in [0.25, 0.3) is 0 Å². The second-order valence-corrected chi connectivity index (χ2v) is 22.3. The Hall–Kier alpha value is -1.45. The molecule has 0 aliphatic carbocycles. The topological polar surface area (TPSA) is 73.7 Å². The van der Waals surface area contributed by atoms with Gasteiger partial charge in [-0.15, -0.1) is 0 Å². The standard InChI is InChI=1S/C12H12F2N3O3.3C4H9.Sn/c1-16(9-2-3-15-5-8(9)14)11(18)10-4-7(13)6-17(10)12(19)20;3*1-3-4-2;/h2,5,7,10H,4,6H2,1H3,(H,19,20);3*1,3-4H2,2H3;/t7-,10+;;;;/m1..../s1. The number of halogens is 2. The number of anilines is 1. The molecule has 1 aliphatic heterocycles. The minimum atomic E-state index is -2.96. The zero-order valence-electron chi connectivity index (χ0n) is 20.4. The second-order valence-electron chi connectivity index (χ2n) is 9.29. The molecule has 2 heterocycles. The average Bonchev–Trinajstić information content (AvgIpc) is 3.20. The number of nitrogens with zero attached hydrogens (tertiary/aromatic N) is 3. The Morgan fingerprint density at radius 3 is 2.18 bits per heavy atom. The second kappa shape index (κ2) is 12.9. The maximum absolute atomic E-state index is 14.9. The number of amides is 2. The summed E-state index contributed by atoms with van der Waals surface area (Å²) < 4.78 is 33.3. The molecule has 2 amide bonds. The van der Waals surface area contributed by atoms with Gasteiger partial charge in [-0.25, -0.2) is 0 Å². The van der Waals surface area contributed by atoms with Crippen LogP contribution in [0.5, 0.6) is 0 Å². The first-order valence-electron chi connectivity index (χ1n) is 12.3. The van der Waals surface area contributed by atoms with E-state index in [0.717, 1.165) is 65.3 Å². The number of likely N-dealkylation sites (N-methyl/N-ethyl adjacent to an activating group) is 1. The number of hydrogen-bond donors (Lipinski definition) is 1. The molecule has 0 radical (unpaired) electrons. The number of unbranched alkanes of at least 4 members (excludes halogenated alkanes) is 3. The number of aromatic nitrogens is 1. The molecular formula is C24H39F2N3O3Sn. The fourth-order valence-corrected chi connectivity index (χ4v) is 20.2. The monoisotopic (exact) mass is 575 g/mol. The molecule has 9 heteroatoms. The van der Waals surface area contributed by atoms with Crippen molar-refractivity contribution in [3.05, 3.63) is 18.1 Å². The fourth-order valence-electron chi connectivity index (χ4n) is 4.85. The van der Waals surface area contributed by atoms with Crippen molar-refractivity contribution in [3.63, 3.8) is 0 Å². The molecule has 1 aromatic heterocycles. The number of carboxylic acid groups (broad SMARTS) is 1. The summed E-state index contributed by atoms with van der Waals surface area (Å²) in [6, 6.07) is 0.601. The summed E-state index contributed by atoms with van der Waals surface area (Å²) in [5.41, 5.74) is 0.114. The van der Waals surface area contributed by atoms with Crippen LogP contribution in [0.4, 0.5) is 19.3 Å². The third-order valence-electron chi connectivity index (χ3n) is 6.88. The van der Waals surface area contributed by atoms with Gasteiger partial charge >= 0.3 is 201 Å². The van der Waals surface area contributed by atoms with Gasteiger partial charge < -0.3 is 0 Å². The molecular weight excluding hydrogens is 535 g/mol. The zero-order valence-corrected chi connectivity index (χ0v) is 23.3. The number of hydrogen-bond acceptors (Lipinski definition) is 3.